The van der Waals surface area contributed by atoms with E-state index in [0.29, 0.717) is 5.91 Å². The summed E-state index contributed by atoms with van der Waals surface area (Å²) in [6.45, 7) is 6.40. The van der Waals surface area contributed by atoms with Crippen molar-refractivity contribution in [3.8, 4) is 0 Å². The number of amides is 1. The summed E-state index contributed by atoms with van der Waals surface area (Å²) in [5.74, 6) is 0.299. The Morgan fingerprint density at radius 1 is 1.12 bits per heavy atom. The van der Waals surface area contributed by atoms with Gasteiger partial charge in [-0.25, -0.2) is 0 Å². The minimum Gasteiger partial charge on any atom is -0.322 e. The highest BCUT2D eigenvalue weighted by Crippen LogP contribution is 2.79. The molecule has 3 rings (SSSR count). The van der Waals surface area contributed by atoms with Gasteiger partial charge in [0.25, 0.3) is 5.91 Å². The zero-order chi connectivity index (χ0) is 17.4. The molecule has 0 spiro atoms. The first-order valence-corrected chi connectivity index (χ1v) is 12.1. The number of anilines is 1. The van der Waals surface area contributed by atoms with E-state index in [-0.39, 0.29) is 5.16 Å². The van der Waals surface area contributed by atoms with E-state index in [1.165, 1.54) is 44.2 Å². The quantitative estimate of drug-likeness (QED) is 0.646. The summed E-state index contributed by atoms with van der Waals surface area (Å²) in [4.78, 5) is 13.3. The lowest BCUT2D eigenvalue weighted by Crippen LogP contribution is -2.36. The lowest BCUT2D eigenvalue weighted by Gasteiger charge is -2.33. The second-order valence-corrected chi connectivity index (χ2v) is 12.8. The molecule has 1 aliphatic carbocycles. The van der Waals surface area contributed by atoms with E-state index in [4.69, 9.17) is 11.6 Å². The molecule has 1 heterocycles. The summed E-state index contributed by atoms with van der Waals surface area (Å²) in [6, 6.07) is 3.89. The summed E-state index contributed by atoms with van der Waals surface area (Å²) >= 11 is 6.14. The topological polar surface area (TPSA) is 29.1 Å². The monoisotopic (exact) mass is 366 g/mol. The van der Waals surface area contributed by atoms with Gasteiger partial charge in [0, 0.05) is 30.8 Å². The molecule has 132 valence electrons. The van der Waals surface area contributed by atoms with Crippen LogP contribution in [0, 0.1) is 13.8 Å². The molecule has 1 N–H and O–H groups in total. The van der Waals surface area contributed by atoms with Crippen LogP contribution in [0.5, 0.6) is 0 Å². The molecule has 2 aliphatic rings. The summed E-state index contributed by atoms with van der Waals surface area (Å²) < 4.78 is 0. The van der Waals surface area contributed by atoms with Gasteiger partial charge in [-0.3, -0.25) is 4.79 Å². The molecule has 24 heavy (non-hydrogen) atoms. The summed E-state index contributed by atoms with van der Waals surface area (Å²) in [7, 11) is -1.18. The first-order chi connectivity index (χ1) is 11.4. The molecule has 1 aromatic carbocycles. The third-order valence-electron chi connectivity index (χ3n) is 6.32. The Morgan fingerprint density at radius 3 is 2.12 bits per heavy atom. The number of carbonyl (C=O) groups is 1. The fourth-order valence-corrected chi connectivity index (χ4v) is 10.6. The molecule has 0 atom stereocenters. The molecule has 2 fully saturated rings. The molecule has 1 saturated heterocycles. The van der Waals surface area contributed by atoms with Crippen molar-refractivity contribution in [1.29, 1.82) is 0 Å². The number of carbonyl (C=O) groups excluding carboxylic acids is 1. The van der Waals surface area contributed by atoms with Gasteiger partial charge in [-0.1, -0.05) is 11.6 Å². The summed E-state index contributed by atoms with van der Waals surface area (Å²) in [5, 5.41) is 4.03. The molecule has 1 amide bonds. The van der Waals surface area contributed by atoms with Crippen molar-refractivity contribution < 1.29 is 4.79 Å². The van der Waals surface area contributed by atoms with E-state index in [2.05, 4.69) is 12.2 Å². The predicted molar refractivity (Wildman–Crippen MR) is 107 cm³/mol. The lowest BCUT2D eigenvalue weighted by molar-refractivity contribution is -0.116. The molecule has 1 aromatic rings. The number of rotatable bonds is 4. The van der Waals surface area contributed by atoms with Crippen LogP contribution < -0.4 is 5.32 Å². The third-order valence-corrected chi connectivity index (χ3v) is 12.6. The molecule has 0 unspecified atom stereocenters. The van der Waals surface area contributed by atoms with Gasteiger partial charge in [0.15, 0.2) is 5.16 Å². The van der Waals surface area contributed by atoms with Gasteiger partial charge >= 0.3 is 0 Å². The maximum absolute atomic E-state index is 13.3. The Labute approximate surface area is 152 Å². The number of nitrogens with one attached hydrogen (secondary N) is 1. The number of hydrogen-bond acceptors (Lipinski definition) is 1. The number of hydrogen-bond donors (Lipinski definition) is 1. The molecule has 4 heteroatoms. The Hall–Kier alpha value is -0.590. The van der Waals surface area contributed by atoms with Crippen LogP contribution in [0.25, 0.3) is 0 Å². The number of halogens is 1. The van der Waals surface area contributed by atoms with E-state index in [1.807, 2.05) is 26.0 Å². The lowest BCUT2D eigenvalue weighted by atomic mass is 10.1. The third kappa shape index (κ3) is 3.13. The van der Waals surface area contributed by atoms with Crippen molar-refractivity contribution in [2.24, 2.45) is 0 Å². The number of aryl methyl sites for hydroxylation is 2. The van der Waals surface area contributed by atoms with Crippen LogP contribution in [0.4, 0.5) is 5.69 Å². The second kappa shape index (κ2) is 6.96. The summed E-state index contributed by atoms with van der Waals surface area (Å²) in [6.07, 6.45) is 11.5. The summed E-state index contributed by atoms with van der Waals surface area (Å²) in [5.41, 5.74) is 3.10. The van der Waals surface area contributed by atoms with Gasteiger partial charge < -0.3 is 5.32 Å². The number of benzene rings is 1. The highest BCUT2D eigenvalue weighted by molar-refractivity contribution is 7.78. The van der Waals surface area contributed by atoms with Gasteiger partial charge in [-0.2, -0.15) is 0 Å². The fourth-order valence-electron chi connectivity index (χ4n) is 4.71. The molecular formula is C20H30ClNOP+. The Kier molecular flexibility index (Phi) is 5.28. The predicted octanol–water partition coefficient (Wildman–Crippen LogP) is 6.04. The maximum Gasteiger partial charge on any atom is 0.268 e. The largest absolute Gasteiger partial charge is 0.322 e. The molecule has 0 bridgehead atoms. The fraction of sp³-hybridized carbons (Fsp3) is 0.650. The molecule has 2 nitrogen and oxygen atoms in total. The van der Waals surface area contributed by atoms with Gasteiger partial charge in [0.2, 0.25) is 0 Å². The zero-order valence-corrected chi connectivity index (χ0v) is 16.9. The van der Waals surface area contributed by atoms with Crippen molar-refractivity contribution in [3.63, 3.8) is 0 Å². The van der Waals surface area contributed by atoms with E-state index in [9.17, 15) is 4.79 Å². The van der Waals surface area contributed by atoms with Gasteiger partial charge in [0.05, 0.1) is 18.5 Å². The van der Waals surface area contributed by atoms with Crippen LogP contribution in [-0.4, -0.2) is 29.5 Å². The zero-order valence-electron chi connectivity index (χ0n) is 15.3. The minimum atomic E-state index is -1.18. The standard InChI is InChI=1S/C20H29ClNOP/c1-4-24(11-7-5-6-8-12-24)20(9-10-20)19(23)22-18-15(2)13-17(21)14-16(18)3/h13-14H,4-12H2,1-3H3/p+1. The Balaban J connectivity index is 1.86. The van der Waals surface area contributed by atoms with Crippen LogP contribution in [0.2, 0.25) is 5.02 Å². The van der Waals surface area contributed by atoms with Crippen LogP contribution >= 0.6 is 18.9 Å². The minimum absolute atomic E-state index is 0.0232. The second-order valence-electron chi connectivity index (χ2n) is 7.72. The molecule has 0 aromatic heterocycles. The van der Waals surface area contributed by atoms with Crippen LogP contribution in [-0.2, 0) is 4.79 Å². The highest BCUT2D eigenvalue weighted by atomic mass is 35.5. The highest BCUT2D eigenvalue weighted by Gasteiger charge is 2.69. The Morgan fingerprint density at radius 2 is 1.67 bits per heavy atom. The van der Waals surface area contributed by atoms with Gasteiger partial charge in [-0.05, 0) is 69.7 Å². The maximum atomic E-state index is 13.3. The van der Waals surface area contributed by atoms with Crippen molar-refractivity contribution >= 4 is 30.5 Å². The van der Waals surface area contributed by atoms with Crippen LogP contribution in [0.15, 0.2) is 12.1 Å². The van der Waals surface area contributed by atoms with Crippen molar-refractivity contribution in [2.45, 2.75) is 64.5 Å². The Bertz CT molecular complexity index is 608. The van der Waals surface area contributed by atoms with E-state index in [0.717, 1.165) is 34.7 Å². The first-order valence-electron chi connectivity index (χ1n) is 9.38. The van der Waals surface area contributed by atoms with Gasteiger partial charge in [-0.15, -0.1) is 0 Å². The average molecular weight is 367 g/mol. The molecular weight excluding hydrogens is 337 g/mol. The van der Waals surface area contributed by atoms with E-state index < -0.39 is 7.26 Å². The average Bonchev–Trinajstić information content (AvgIpc) is 3.34. The molecule has 1 aliphatic heterocycles. The van der Waals surface area contributed by atoms with Gasteiger partial charge in [0.1, 0.15) is 0 Å². The molecule has 0 radical (unpaired) electrons. The molecule has 1 saturated carbocycles. The smallest absolute Gasteiger partial charge is 0.268 e. The SMILES string of the molecule is CC[P+]1(C2(C(=O)Nc3c(C)cc(Cl)cc3C)CC2)CCCCCC1. The van der Waals surface area contributed by atoms with Crippen molar-refractivity contribution in [2.75, 3.05) is 23.8 Å². The van der Waals surface area contributed by atoms with Crippen LogP contribution in [0.3, 0.4) is 0 Å². The van der Waals surface area contributed by atoms with Crippen molar-refractivity contribution in [1.82, 2.24) is 0 Å². The first kappa shape index (κ1) is 18.2. The van der Waals surface area contributed by atoms with E-state index in [1.54, 1.807) is 0 Å². The van der Waals surface area contributed by atoms with Crippen molar-refractivity contribution in [3.05, 3.63) is 28.3 Å². The van der Waals surface area contributed by atoms with E-state index >= 15 is 0 Å². The van der Waals surface area contributed by atoms with Crippen LogP contribution in [0.1, 0.15) is 56.6 Å². The normalized spacial score (nSPS) is 21.8.